The first-order valence-electron chi connectivity index (χ1n) is 6.80. The maximum atomic E-state index is 9.23. The summed E-state index contributed by atoms with van der Waals surface area (Å²) in [4.78, 5) is 2.30. The molecule has 0 heterocycles. The molecule has 0 saturated heterocycles. The monoisotopic (exact) mass is 255 g/mol. The van der Waals surface area contributed by atoms with Crippen molar-refractivity contribution >= 4 is 0 Å². The highest BCUT2D eigenvalue weighted by Gasteiger charge is 2.23. The minimum absolute atomic E-state index is 0.342. The third-order valence-corrected chi connectivity index (χ3v) is 2.96. The molecule has 0 aliphatic carbocycles. The highest BCUT2D eigenvalue weighted by molar-refractivity contribution is 5.04. The highest BCUT2D eigenvalue weighted by Crippen LogP contribution is 2.12. The van der Waals surface area contributed by atoms with Gasteiger partial charge in [-0.15, -0.1) is 0 Å². The summed E-state index contributed by atoms with van der Waals surface area (Å²) in [7, 11) is 3.85. The number of nitrogens with zero attached hydrogens (tertiary/aromatic N) is 2. The lowest BCUT2D eigenvalue weighted by Gasteiger charge is -2.27. The third-order valence-electron chi connectivity index (χ3n) is 2.96. The fourth-order valence-electron chi connectivity index (χ4n) is 2.09. The van der Waals surface area contributed by atoms with Gasteiger partial charge in [0.05, 0.1) is 6.07 Å². The normalized spacial score (nSPS) is 14.8. The van der Waals surface area contributed by atoms with Crippen molar-refractivity contribution in [3.05, 3.63) is 0 Å². The van der Waals surface area contributed by atoms with Crippen molar-refractivity contribution in [1.82, 2.24) is 10.2 Å². The molecule has 1 N–H and O–H groups in total. The van der Waals surface area contributed by atoms with Gasteiger partial charge in [-0.1, -0.05) is 0 Å². The second-order valence-corrected chi connectivity index (χ2v) is 5.50. The summed E-state index contributed by atoms with van der Waals surface area (Å²) in [5.74, 6) is 0. The molecular weight excluding hydrogens is 226 g/mol. The molecule has 0 aromatic heterocycles. The van der Waals surface area contributed by atoms with Gasteiger partial charge in [0, 0.05) is 26.3 Å². The van der Waals surface area contributed by atoms with Gasteiger partial charge in [-0.3, -0.25) is 5.32 Å². The Kier molecular flexibility index (Phi) is 8.99. The summed E-state index contributed by atoms with van der Waals surface area (Å²) < 4.78 is 5.03. The quantitative estimate of drug-likeness (QED) is 0.607. The number of hydrogen-bond donors (Lipinski definition) is 1. The van der Waals surface area contributed by atoms with Crippen LogP contribution in [0.5, 0.6) is 0 Å². The Bertz CT molecular complexity index is 250. The number of methoxy groups -OCH3 is 1. The smallest absolute Gasteiger partial charge is 0.104 e. The lowest BCUT2D eigenvalue weighted by atomic mass is 9.96. The molecule has 0 bridgehead atoms. The van der Waals surface area contributed by atoms with Crippen molar-refractivity contribution in [2.75, 3.05) is 33.9 Å². The molecule has 4 nitrogen and oxygen atoms in total. The Labute approximate surface area is 112 Å². The maximum Gasteiger partial charge on any atom is 0.104 e. The van der Waals surface area contributed by atoms with E-state index in [1.165, 1.54) is 0 Å². The van der Waals surface area contributed by atoms with E-state index >= 15 is 0 Å². The summed E-state index contributed by atoms with van der Waals surface area (Å²) >= 11 is 0. The molecule has 0 rings (SSSR count). The van der Waals surface area contributed by atoms with E-state index in [1.807, 2.05) is 6.92 Å². The Hall–Kier alpha value is -0.630. The molecular formula is C14H29N3O. The molecule has 0 aromatic rings. The molecule has 0 fully saturated rings. The second kappa shape index (κ2) is 9.32. The van der Waals surface area contributed by atoms with E-state index in [0.29, 0.717) is 6.04 Å². The first-order chi connectivity index (χ1) is 8.43. The highest BCUT2D eigenvalue weighted by atomic mass is 16.5. The molecule has 1 atom stereocenters. The average Bonchev–Trinajstić information content (AvgIpc) is 2.28. The molecule has 0 saturated carbocycles. The van der Waals surface area contributed by atoms with Gasteiger partial charge in [0.25, 0.3) is 0 Å². The van der Waals surface area contributed by atoms with E-state index in [4.69, 9.17) is 4.74 Å². The first kappa shape index (κ1) is 17.4. The molecule has 0 radical (unpaired) electrons. The van der Waals surface area contributed by atoms with E-state index in [0.717, 1.165) is 39.0 Å². The average molecular weight is 255 g/mol. The Morgan fingerprint density at radius 3 is 2.44 bits per heavy atom. The summed E-state index contributed by atoms with van der Waals surface area (Å²) in [5.41, 5.74) is -0.401. The van der Waals surface area contributed by atoms with E-state index in [-0.39, 0.29) is 0 Å². The van der Waals surface area contributed by atoms with Crippen LogP contribution in [0.1, 0.15) is 40.0 Å². The van der Waals surface area contributed by atoms with Crippen LogP contribution in [0, 0.1) is 11.3 Å². The van der Waals surface area contributed by atoms with Gasteiger partial charge >= 0.3 is 0 Å². The lowest BCUT2D eigenvalue weighted by Crippen LogP contribution is -2.45. The van der Waals surface area contributed by atoms with Crippen molar-refractivity contribution in [2.24, 2.45) is 0 Å². The van der Waals surface area contributed by atoms with Gasteiger partial charge in [-0.25, -0.2) is 0 Å². The van der Waals surface area contributed by atoms with Crippen LogP contribution in [0.3, 0.4) is 0 Å². The number of rotatable bonds is 10. The number of hydrogen-bond acceptors (Lipinski definition) is 4. The van der Waals surface area contributed by atoms with Gasteiger partial charge in [-0.05, 0) is 53.6 Å². The van der Waals surface area contributed by atoms with Gasteiger partial charge in [-0.2, -0.15) is 5.26 Å². The lowest BCUT2D eigenvalue weighted by molar-refractivity contribution is 0.178. The van der Waals surface area contributed by atoms with Crippen molar-refractivity contribution in [3.8, 4) is 6.07 Å². The fraction of sp³-hybridized carbons (Fsp3) is 0.929. The van der Waals surface area contributed by atoms with Crippen molar-refractivity contribution < 1.29 is 4.74 Å². The second-order valence-electron chi connectivity index (χ2n) is 5.50. The van der Waals surface area contributed by atoms with Crippen LogP contribution in [-0.4, -0.2) is 50.3 Å². The number of ether oxygens (including phenoxy) is 1. The number of nitrogens with one attached hydrogen (secondary N) is 1. The zero-order valence-electron chi connectivity index (χ0n) is 12.6. The molecule has 0 aliphatic heterocycles. The number of nitriles is 1. The minimum atomic E-state index is -0.401. The molecule has 0 aromatic carbocycles. The standard InChI is InChI=1S/C14H29N3O/c1-13(2)16-14(3,12-15)8-6-9-17(4)10-7-11-18-5/h13,16H,6-11H2,1-5H3. The van der Waals surface area contributed by atoms with Gasteiger partial charge in [0.2, 0.25) is 0 Å². The molecule has 4 heteroatoms. The van der Waals surface area contributed by atoms with Crippen LogP contribution in [0.4, 0.5) is 0 Å². The Morgan fingerprint density at radius 2 is 1.94 bits per heavy atom. The van der Waals surface area contributed by atoms with Crippen LogP contribution >= 0.6 is 0 Å². The van der Waals surface area contributed by atoms with Crippen LogP contribution in [0.15, 0.2) is 0 Å². The van der Waals surface area contributed by atoms with Crippen LogP contribution in [0.2, 0.25) is 0 Å². The molecule has 0 spiro atoms. The topological polar surface area (TPSA) is 48.3 Å². The van der Waals surface area contributed by atoms with Gasteiger partial charge < -0.3 is 9.64 Å². The molecule has 0 amide bonds. The van der Waals surface area contributed by atoms with Crippen molar-refractivity contribution in [3.63, 3.8) is 0 Å². The van der Waals surface area contributed by atoms with E-state index in [1.54, 1.807) is 7.11 Å². The summed E-state index contributed by atoms with van der Waals surface area (Å²) in [6, 6.07) is 2.73. The van der Waals surface area contributed by atoms with E-state index in [9.17, 15) is 5.26 Å². The predicted molar refractivity (Wildman–Crippen MR) is 75.5 cm³/mol. The SMILES string of the molecule is COCCCN(C)CCCC(C)(C#N)NC(C)C. The Balaban J connectivity index is 3.83. The predicted octanol–water partition coefficient (Wildman–Crippen LogP) is 2.02. The Morgan fingerprint density at radius 1 is 1.33 bits per heavy atom. The molecule has 0 aliphatic rings. The maximum absolute atomic E-state index is 9.23. The third kappa shape index (κ3) is 8.46. The van der Waals surface area contributed by atoms with E-state index in [2.05, 4.69) is 37.2 Å². The van der Waals surface area contributed by atoms with Crippen LogP contribution in [-0.2, 0) is 4.74 Å². The zero-order valence-corrected chi connectivity index (χ0v) is 12.6. The molecule has 18 heavy (non-hydrogen) atoms. The largest absolute Gasteiger partial charge is 0.385 e. The summed E-state index contributed by atoms with van der Waals surface area (Å²) in [5, 5.41) is 12.6. The van der Waals surface area contributed by atoms with Crippen LogP contribution < -0.4 is 5.32 Å². The molecule has 106 valence electrons. The van der Waals surface area contributed by atoms with Gasteiger partial charge in [0.15, 0.2) is 0 Å². The van der Waals surface area contributed by atoms with Crippen molar-refractivity contribution in [2.45, 2.75) is 51.6 Å². The summed E-state index contributed by atoms with van der Waals surface area (Å²) in [6.07, 6.45) is 2.98. The van der Waals surface area contributed by atoms with Crippen LogP contribution in [0.25, 0.3) is 0 Å². The summed E-state index contributed by atoms with van der Waals surface area (Å²) in [6.45, 7) is 9.03. The zero-order chi connectivity index (χ0) is 14.0. The van der Waals surface area contributed by atoms with E-state index < -0.39 is 5.54 Å². The fourth-order valence-corrected chi connectivity index (χ4v) is 2.09. The minimum Gasteiger partial charge on any atom is -0.385 e. The van der Waals surface area contributed by atoms with Gasteiger partial charge in [0.1, 0.15) is 5.54 Å². The van der Waals surface area contributed by atoms with Crippen molar-refractivity contribution in [1.29, 1.82) is 5.26 Å². The first-order valence-corrected chi connectivity index (χ1v) is 6.80. The molecule has 1 unspecified atom stereocenters.